The summed E-state index contributed by atoms with van der Waals surface area (Å²) in [5.74, 6) is -1.69. The first-order chi connectivity index (χ1) is 13.2. The van der Waals surface area contributed by atoms with Crippen molar-refractivity contribution in [2.45, 2.75) is 50.9 Å². The number of hydrogen-bond donors (Lipinski definition) is 1. The number of aryl methyl sites for hydroxylation is 1. The Bertz CT molecular complexity index is 848. The van der Waals surface area contributed by atoms with Gasteiger partial charge in [-0.25, -0.2) is 4.39 Å². The molecule has 0 spiro atoms. The third kappa shape index (κ3) is 4.29. The van der Waals surface area contributed by atoms with E-state index in [0.29, 0.717) is 18.9 Å². The Hall–Kier alpha value is -2.57. The lowest BCUT2D eigenvalue weighted by atomic mass is 10.0. The van der Waals surface area contributed by atoms with Gasteiger partial charge < -0.3 is 10.0 Å². The van der Waals surface area contributed by atoms with Gasteiger partial charge in [0.05, 0.1) is 5.56 Å². The van der Waals surface area contributed by atoms with Crippen LogP contribution in [0.5, 0.6) is 5.75 Å². The van der Waals surface area contributed by atoms with Gasteiger partial charge in [0.1, 0.15) is 11.6 Å². The topological polar surface area (TPSA) is 40.5 Å². The average Bonchev–Trinajstić information content (AvgIpc) is 3.00. The van der Waals surface area contributed by atoms with Crippen LogP contribution < -0.4 is 0 Å². The molecule has 1 saturated heterocycles. The molecule has 7 heteroatoms. The standard InChI is InChI=1S/C21H21F4NO2/c1-13-2-9-17(10-5-14-3-7-16(22)8-4-14)26(13)20(28)15-6-11-19(27)18(12-15)21(23,24)25/h3-4,6-8,11-13,17,27H,2,5,9-10H2,1H3/t13-,17-/m1/s1. The second kappa shape index (κ2) is 7.81. The minimum atomic E-state index is -4.74. The van der Waals surface area contributed by atoms with Crippen molar-refractivity contribution < 1.29 is 27.5 Å². The van der Waals surface area contributed by atoms with Crippen LogP contribution in [0.4, 0.5) is 17.6 Å². The monoisotopic (exact) mass is 395 g/mol. The Balaban J connectivity index is 1.78. The van der Waals surface area contributed by atoms with Crippen molar-refractivity contribution in [1.29, 1.82) is 0 Å². The van der Waals surface area contributed by atoms with Gasteiger partial charge in [-0.1, -0.05) is 12.1 Å². The Morgan fingerprint density at radius 2 is 1.82 bits per heavy atom. The number of benzene rings is 2. The zero-order valence-electron chi connectivity index (χ0n) is 15.3. The third-order valence-corrected chi connectivity index (χ3v) is 5.25. The highest BCUT2D eigenvalue weighted by Crippen LogP contribution is 2.37. The predicted molar refractivity (Wildman–Crippen MR) is 96.5 cm³/mol. The van der Waals surface area contributed by atoms with Crippen LogP contribution in [0, 0.1) is 5.82 Å². The molecule has 0 aromatic heterocycles. The zero-order chi connectivity index (χ0) is 20.5. The number of carbonyl (C=O) groups excluding carboxylic acids is 1. The zero-order valence-corrected chi connectivity index (χ0v) is 15.3. The molecule has 3 rings (SSSR count). The van der Waals surface area contributed by atoms with Crippen LogP contribution >= 0.6 is 0 Å². The summed E-state index contributed by atoms with van der Waals surface area (Å²) in [5, 5.41) is 9.48. The van der Waals surface area contributed by atoms with E-state index in [-0.39, 0.29) is 23.5 Å². The van der Waals surface area contributed by atoms with Gasteiger partial charge in [-0.15, -0.1) is 0 Å². The van der Waals surface area contributed by atoms with Crippen molar-refractivity contribution in [3.63, 3.8) is 0 Å². The summed E-state index contributed by atoms with van der Waals surface area (Å²) >= 11 is 0. The highest BCUT2D eigenvalue weighted by Gasteiger charge is 2.37. The van der Waals surface area contributed by atoms with Gasteiger partial charge in [-0.3, -0.25) is 4.79 Å². The number of amides is 1. The maximum absolute atomic E-state index is 13.0. The van der Waals surface area contributed by atoms with Gasteiger partial charge >= 0.3 is 6.18 Å². The van der Waals surface area contributed by atoms with Crippen molar-refractivity contribution in [2.24, 2.45) is 0 Å². The van der Waals surface area contributed by atoms with Gasteiger partial charge in [0.25, 0.3) is 5.91 Å². The minimum Gasteiger partial charge on any atom is -0.507 e. The lowest BCUT2D eigenvalue weighted by molar-refractivity contribution is -0.138. The summed E-state index contributed by atoms with van der Waals surface area (Å²) < 4.78 is 52.2. The summed E-state index contributed by atoms with van der Waals surface area (Å²) in [6.07, 6.45) is -1.92. The average molecular weight is 395 g/mol. The molecule has 3 nitrogen and oxygen atoms in total. The molecule has 1 aliphatic rings. The maximum atomic E-state index is 13.0. The van der Waals surface area contributed by atoms with E-state index in [0.717, 1.165) is 24.5 Å². The van der Waals surface area contributed by atoms with E-state index >= 15 is 0 Å². The van der Waals surface area contributed by atoms with Crippen molar-refractivity contribution in [3.05, 3.63) is 65.0 Å². The van der Waals surface area contributed by atoms with Crippen LogP contribution in [0.25, 0.3) is 0 Å². The highest BCUT2D eigenvalue weighted by molar-refractivity contribution is 5.95. The lowest BCUT2D eigenvalue weighted by Crippen LogP contribution is -2.40. The molecule has 1 aliphatic heterocycles. The van der Waals surface area contributed by atoms with Crippen molar-refractivity contribution >= 4 is 5.91 Å². The SMILES string of the molecule is C[C@@H]1CC[C@H](CCc2ccc(F)cc2)N1C(=O)c1ccc(O)c(C(F)(F)F)c1. The van der Waals surface area contributed by atoms with Crippen LogP contribution in [-0.4, -0.2) is 28.0 Å². The molecule has 0 radical (unpaired) electrons. The molecule has 0 bridgehead atoms. The maximum Gasteiger partial charge on any atom is 0.419 e. The van der Waals surface area contributed by atoms with Crippen LogP contribution in [-0.2, 0) is 12.6 Å². The van der Waals surface area contributed by atoms with E-state index in [4.69, 9.17) is 0 Å². The van der Waals surface area contributed by atoms with Crippen LogP contribution in [0.1, 0.15) is 47.7 Å². The van der Waals surface area contributed by atoms with E-state index in [1.165, 1.54) is 18.2 Å². The quantitative estimate of drug-likeness (QED) is 0.725. The number of halogens is 4. The second-order valence-electron chi connectivity index (χ2n) is 7.19. The molecule has 2 atom stereocenters. The van der Waals surface area contributed by atoms with E-state index in [1.807, 2.05) is 6.92 Å². The summed E-state index contributed by atoms with van der Waals surface area (Å²) in [6.45, 7) is 1.88. The molecule has 1 amide bonds. The number of hydrogen-bond acceptors (Lipinski definition) is 2. The molecule has 0 saturated carbocycles. The summed E-state index contributed by atoms with van der Waals surface area (Å²) in [5.41, 5.74) is -0.365. The van der Waals surface area contributed by atoms with E-state index in [1.54, 1.807) is 17.0 Å². The summed E-state index contributed by atoms with van der Waals surface area (Å²) in [7, 11) is 0. The molecule has 28 heavy (non-hydrogen) atoms. The fourth-order valence-electron chi connectivity index (χ4n) is 3.75. The van der Waals surface area contributed by atoms with Crippen LogP contribution in [0.2, 0.25) is 0 Å². The Morgan fingerprint density at radius 3 is 2.46 bits per heavy atom. The van der Waals surface area contributed by atoms with Gasteiger partial charge in [-0.2, -0.15) is 13.2 Å². The van der Waals surface area contributed by atoms with Gasteiger partial charge in [0, 0.05) is 17.6 Å². The number of likely N-dealkylation sites (tertiary alicyclic amines) is 1. The molecular formula is C21H21F4NO2. The van der Waals surface area contributed by atoms with Gasteiger partial charge in [0.2, 0.25) is 0 Å². The molecule has 2 aromatic carbocycles. The van der Waals surface area contributed by atoms with E-state index in [2.05, 4.69) is 0 Å². The fraction of sp³-hybridized carbons (Fsp3) is 0.381. The highest BCUT2D eigenvalue weighted by atomic mass is 19.4. The largest absolute Gasteiger partial charge is 0.507 e. The third-order valence-electron chi connectivity index (χ3n) is 5.25. The van der Waals surface area contributed by atoms with Crippen LogP contribution in [0.15, 0.2) is 42.5 Å². The number of alkyl halides is 3. The predicted octanol–water partition coefficient (Wildman–Crippen LogP) is 5.18. The molecule has 150 valence electrons. The molecule has 0 aliphatic carbocycles. The first-order valence-corrected chi connectivity index (χ1v) is 9.14. The molecule has 1 N–H and O–H groups in total. The first kappa shape index (κ1) is 20.2. The van der Waals surface area contributed by atoms with Crippen LogP contribution in [0.3, 0.4) is 0 Å². The molecule has 1 heterocycles. The summed E-state index contributed by atoms with van der Waals surface area (Å²) in [6, 6.07) is 8.78. The minimum absolute atomic E-state index is 0.0890. The van der Waals surface area contributed by atoms with E-state index in [9.17, 15) is 27.5 Å². The van der Waals surface area contributed by atoms with Gasteiger partial charge in [-0.05, 0) is 68.5 Å². The Labute approximate surface area is 160 Å². The number of carbonyl (C=O) groups is 1. The number of phenols is 1. The number of rotatable bonds is 4. The molecule has 0 unspecified atom stereocenters. The smallest absolute Gasteiger partial charge is 0.419 e. The molecular weight excluding hydrogens is 374 g/mol. The summed E-state index contributed by atoms with van der Waals surface area (Å²) in [4.78, 5) is 14.6. The second-order valence-corrected chi connectivity index (χ2v) is 7.19. The fourth-order valence-corrected chi connectivity index (χ4v) is 3.75. The van der Waals surface area contributed by atoms with E-state index < -0.39 is 23.4 Å². The lowest BCUT2D eigenvalue weighted by Gasteiger charge is -2.29. The molecule has 1 fully saturated rings. The Kier molecular flexibility index (Phi) is 5.63. The first-order valence-electron chi connectivity index (χ1n) is 9.14. The number of nitrogens with zero attached hydrogens (tertiary/aromatic N) is 1. The Morgan fingerprint density at radius 1 is 1.14 bits per heavy atom. The number of phenolic OH excluding ortho intramolecular Hbond substituents is 1. The molecule has 2 aromatic rings. The van der Waals surface area contributed by atoms with Crippen molar-refractivity contribution in [3.8, 4) is 5.75 Å². The van der Waals surface area contributed by atoms with Crippen molar-refractivity contribution in [2.75, 3.05) is 0 Å². The number of aromatic hydroxyl groups is 1. The van der Waals surface area contributed by atoms with Gasteiger partial charge in [0.15, 0.2) is 0 Å². The van der Waals surface area contributed by atoms with Crippen molar-refractivity contribution in [1.82, 2.24) is 4.90 Å². The normalized spacial score (nSPS) is 19.8.